The molecule has 90 valence electrons. The number of nitrogens with one attached hydrogen (secondary N) is 1. The van der Waals surface area contributed by atoms with Crippen LogP contribution in [0.25, 0.3) is 0 Å². The van der Waals surface area contributed by atoms with Crippen molar-refractivity contribution in [3.63, 3.8) is 0 Å². The number of aryl methyl sites for hydroxylation is 1. The van der Waals surface area contributed by atoms with Crippen molar-refractivity contribution in [2.45, 2.75) is 13.0 Å². The molecule has 0 amide bonds. The molecule has 0 saturated carbocycles. The van der Waals surface area contributed by atoms with E-state index in [1.807, 2.05) is 6.07 Å². The molecule has 0 radical (unpaired) electrons. The molecule has 1 heterocycles. The number of halogens is 2. The number of hydrogen-bond acceptors (Lipinski definition) is 2. The van der Waals surface area contributed by atoms with Gasteiger partial charge in [0.1, 0.15) is 5.82 Å². The van der Waals surface area contributed by atoms with Crippen LogP contribution in [0.1, 0.15) is 22.7 Å². The zero-order chi connectivity index (χ0) is 12.4. The minimum absolute atomic E-state index is 0.170. The molecule has 1 aromatic heterocycles. The van der Waals surface area contributed by atoms with Gasteiger partial charge in [0.25, 0.3) is 0 Å². The molecule has 0 aliphatic heterocycles. The van der Waals surface area contributed by atoms with Crippen LogP contribution in [-0.4, -0.2) is 7.05 Å². The summed E-state index contributed by atoms with van der Waals surface area (Å²) in [5, 5.41) is 3.42. The maximum absolute atomic E-state index is 13.5. The zero-order valence-electron chi connectivity index (χ0n) is 9.63. The molecule has 0 fully saturated rings. The maximum Gasteiger partial charge on any atom is 0.198 e. The summed E-state index contributed by atoms with van der Waals surface area (Å²) in [6, 6.07) is 6.75. The minimum Gasteiger partial charge on any atom is -0.453 e. The second-order valence-corrected chi connectivity index (χ2v) is 4.22. The Balaban J connectivity index is 2.42. The first-order valence-electron chi connectivity index (χ1n) is 5.29. The Morgan fingerprint density at radius 3 is 2.65 bits per heavy atom. The van der Waals surface area contributed by atoms with Gasteiger partial charge in [-0.15, -0.1) is 0 Å². The van der Waals surface area contributed by atoms with E-state index in [2.05, 4.69) is 5.32 Å². The molecule has 0 spiro atoms. The van der Waals surface area contributed by atoms with Crippen LogP contribution in [0.3, 0.4) is 0 Å². The highest BCUT2D eigenvalue weighted by atomic mass is 35.5. The predicted molar refractivity (Wildman–Crippen MR) is 65.8 cm³/mol. The largest absolute Gasteiger partial charge is 0.453 e. The quantitative estimate of drug-likeness (QED) is 0.903. The van der Waals surface area contributed by atoms with Crippen molar-refractivity contribution in [2.24, 2.45) is 0 Å². The topological polar surface area (TPSA) is 25.2 Å². The van der Waals surface area contributed by atoms with Crippen LogP contribution >= 0.6 is 11.6 Å². The standard InChI is InChI=1S/C13H13ClFNO/c1-8-3-4-9(7-11(8)15)12(16-2)10-5-6-17-13(10)14/h3-7,12,16H,1-2H3. The fourth-order valence-corrected chi connectivity index (χ4v) is 2.02. The Labute approximate surface area is 104 Å². The lowest BCUT2D eigenvalue weighted by atomic mass is 10.00. The summed E-state index contributed by atoms with van der Waals surface area (Å²) < 4.78 is 18.6. The van der Waals surface area contributed by atoms with Crippen molar-refractivity contribution < 1.29 is 8.81 Å². The van der Waals surface area contributed by atoms with E-state index in [9.17, 15) is 4.39 Å². The highest BCUT2D eigenvalue weighted by Gasteiger charge is 2.18. The van der Waals surface area contributed by atoms with Crippen LogP contribution in [0.5, 0.6) is 0 Å². The van der Waals surface area contributed by atoms with Gasteiger partial charge in [-0.25, -0.2) is 4.39 Å². The average molecular weight is 254 g/mol. The van der Waals surface area contributed by atoms with Gasteiger partial charge in [-0.05, 0) is 48.8 Å². The Hall–Kier alpha value is -1.32. The van der Waals surface area contributed by atoms with Gasteiger partial charge in [-0.2, -0.15) is 0 Å². The molecule has 1 aromatic carbocycles. The monoisotopic (exact) mass is 253 g/mol. The number of hydrogen-bond donors (Lipinski definition) is 1. The summed E-state index contributed by atoms with van der Waals surface area (Å²) in [6.07, 6.45) is 1.52. The van der Waals surface area contributed by atoms with Crippen molar-refractivity contribution in [1.29, 1.82) is 0 Å². The van der Waals surface area contributed by atoms with E-state index in [0.717, 1.165) is 11.1 Å². The zero-order valence-corrected chi connectivity index (χ0v) is 10.4. The smallest absolute Gasteiger partial charge is 0.198 e. The van der Waals surface area contributed by atoms with E-state index in [4.69, 9.17) is 16.0 Å². The lowest BCUT2D eigenvalue weighted by molar-refractivity contribution is 0.558. The molecule has 4 heteroatoms. The summed E-state index contributed by atoms with van der Waals surface area (Å²) in [5.41, 5.74) is 2.25. The van der Waals surface area contributed by atoms with Gasteiger partial charge in [0.15, 0.2) is 5.22 Å². The molecule has 2 nitrogen and oxygen atoms in total. The average Bonchev–Trinajstić information content (AvgIpc) is 2.71. The highest BCUT2D eigenvalue weighted by molar-refractivity contribution is 6.29. The summed E-state index contributed by atoms with van der Waals surface area (Å²) in [7, 11) is 1.80. The third-order valence-electron chi connectivity index (χ3n) is 2.77. The molecule has 0 aliphatic carbocycles. The second kappa shape index (κ2) is 4.90. The molecule has 1 unspecified atom stereocenters. The summed E-state index contributed by atoms with van der Waals surface area (Å²) in [6.45, 7) is 1.73. The van der Waals surface area contributed by atoms with Crippen LogP contribution in [0.4, 0.5) is 4.39 Å². The van der Waals surface area contributed by atoms with Gasteiger partial charge in [0, 0.05) is 5.56 Å². The molecule has 0 saturated heterocycles. The molecular formula is C13H13ClFNO. The first kappa shape index (κ1) is 12.1. The van der Waals surface area contributed by atoms with E-state index >= 15 is 0 Å². The lowest BCUT2D eigenvalue weighted by Gasteiger charge is -2.16. The van der Waals surface area contributed by atoms with E-state index in [1.165, 1.54) is 12.3 Å². The fourth-order valence-electron chi connectivity index (χ4n) is 1.80. The van der Waals surface area contributed by atoms with Crippen molar-refractivity contribution in [1.82, 2.24) is 5.32 Å². The lowest BCUT2D eigenvalue weighted by Crippen LogP contribution is -2.17. The molecule has 1 N–H and O–H groups in total. The van der Waals surface area contributed by atoms with Gasteiger partial charge in [0.05, 0.1) is 12.3 Å². The van der Waals surface area contributed by atoms with E-state index in [0.29, 0.717) is 10.8 Å². The molecular weight excluding hydrogens is 241 g/mol. The Bertz CT molecular complexity index is 524. The molecule has 0 bridgehead atoms. The van der Waals surface area contributed by atoms with Gasteiger partial charge in [-0.3, -0.25) is 0 Å². The minimum atomic E-state index is -0.220. The maximum atomic E-state index is 13.5. The van der Waals surface area contributed by atoms with Gasteiger partial charge < -0.3 is 9.73 Å². The molecule has 2 aromatic rings. The first-order chi connectivity index (χ1) is 8.13. The molecule has 0 aliphatic rings. The molecule has 17 heavy (non-hydrogen) atoms. The van der Waals surface area contributed by atoms with E-state index < -0.39 is 0 Å². The van der Waals surface area contributed by atoms with Gasteiger partial charge in [0.2, 0.25) is 0 Å². The Kier molecular flexibility index (Phi) is 3.50. The molecule has 1 atom stereocenters. The summed E-state index contributed by atoms with van der Waals surface area (Å²) in [5.74, 6) is -0.220. The van der Waals surface area contributed by atoms with Crippen LogP contribution in [0.2, 0.25) is 5.22 Å². The third kappa shape index (κ3) is 2.35. The van der Waals surface area contributed by atoms with Crippen molar-refractivity contribution >= 4 is 11.6 Å². The van der Waals surface area contributed by atoms with Crippen LogP contribution in [0, 0.1) is 12.7 Å². The van der Waals surface area contributed by atoms with Crippen molar-refractivity contribution in [3.05, 3.63) is 58.3 Å². The Morgan fingerprint density at radius 1 is 1.35 bits per heavy atom. The van der Waals surface area contributed by atoms with Crippen LogP contribution < -0.4 is 5.32 Å². The first-order valence-corrected chi connectivity index (χ1v) is 5.67. The SMILES string of the molecule is CNC(c1ccc(C)c(F)c1)c1ccoc1Cl. The van der Waals surface area contributed by atoms with E-state index in [-0.39, 0.29) is 11.9 Å². The third-order valence-corrected chi connectivity index (χ3v) is 3.08. The number of benzene rings is 1. The highest BCUT2D eigenvalue weighted by Crippen LogP contribution is 2.29. The Morgan fingerprint density at radius 2 is 2.12 bits per heavy atom. The second-order valence-electron chi connectivity index (χ2n) is 3.88. The van der Waals surface area contributed by atoms with Crippen LogP contribution in [-0.2, 0) is 0 Å². The normalized spacial score (nSPS) is 12.7. The predicted octanol–water partition coefficient (Wildman–Crippen LogP) is 3.69. The summed E-state index contributed by atoms with van der Waals surface area (Å²) in [4.78, 5) is 0. The van der Waals surface area contributed by atoms with Crippen molar-refractivity contribution in [3.8, 4) is 0 Å². The number of furan rings is 1. The van der Waals surface area contributed by atoms with E-state index in [1.54, 1.807) is 26.1 Å². The van der Waals surface area contributed by atoms with Crippen LogP contribution in [0.15, 0.2) is 34.9 Å². The fraction of sp³-hybridized carbons (Fsp3) is 0.231. The summed E-state index contributed by atoms with van der Waals surface area (Å²) >= 11 is 5.93. The number of rotatable bonds is 3. The van der Waals surface area contributed by atoms with Gasteiger partial charge >= 0.3 is 0 Å². The van der Waals surface area contributed by atoms with Crippen molar-refractivity contribution in [2.75, 3.05) is 7.05 Å². The molecule has 2 rings (SSSR count). The van der Waals surface area contributed by atoms with Gasteiger partial charge in [-0.1, -0.05) is 12.1 Å².